The molecular weight excluding hydrogens is 752 g/mol. The standard InChI is InChI=1S/C31H38N2O3Si.C15H20N2O3.FH/c1-28(2,3)37(22-13-8-6-9-14-22,23-15-10-7-11-16-23)36-25-17-19-31-24(29(25,4)5)21-30(26(34)32-31)18-12-20-33(30)27(31)35;1-13(2)9-8-14-5-3-7-17(14)12(20)15(9,16-11(14)19)6-4-10(13)18;/h6-11,13-17,19,24-25H,12,18,20-21H2,1-5H3,(H,32,34);4,6,9-10,18H,3,5,7-8H2,1-2H3,(H,16,19);1H/t24?,25?,30?,31-;9?,10?,14?,15-;/m11./s1. The Morgan fingerprint density at radius 1 is 0.690 bits per heavy atom. The fourth-order valence-electron chi connectivity index (χ4n) is 12.7. The first-order valence-electron chi connectivity index (χ1n) is 21.0. The van der Waals surface area contributed by atoms with E-state index in [1.807, 2.05) is 24.8 Å². The van der Waals surface area contributed by atoms with E-state index >= 15 is 0 Å². The molecule has 12 rings (SSSR count). The summed E-state index contributed by atoms with van der Waals surface area (Å²) in [4.78, 5) is 56.3. The molecule has 10 aliphatic rings. The second-order valence-corrected chi connectivity index (χ2v) is 24.6. The average molecular weight is 811 g/mol. The summed E-state index contributed by atoms with van der Waals surface area (Å²) in [5.41, 5.74) is -4.06. The molecule has 3 N–H and O–H groups in total. The third-order valence-electron chi connectivity index (χ3n) is 15.9. The maximum atomic E-state index is 13.9. The van der Waals surface area contributed by atoms with E-state index in [-0.39, 0.29) is 56.7 Å². The summed E-state index contributed by atoms with van der Waals surface area (Å²) in [6, 6.07) is 21.4. The van der Waals surface area contributed by atoms with Crippen molar-refractivity contribution in [1.82, 2.24) is 20.4 Å². The number of amides is 4. The Bertz CT molecular complexity index is 2060. The summed E-state index contributed by atoms with van der Waals surface area (Å²) in [6.07, 6.45) is 11.3. The molecule has 4 bridgehead atoms. The van der Waals surface area contributed by atoms with Crippen LogP contribution in [0.3, 0.4) is 0 Å². The van der Waals surface area contributed by atoms with Crippen LogP contribution in [0, 0.1) is 22.7 Å². The summed E-state index contributed by atoms with van der Waals surface area (Å²) in [6.45, 7) is 16.7. The maximum absolute atomic E-state index is 13.9. The van der Waals surface area contributed by atoms with Gasteiger partial charge in [0.05, 0.1) is 12.2 Å². The Hall–Kier alpha value is -4.13. The molecule has 310 valence electrons. The smallest absolute Gasteiger partial charge is 0.261 e. The first-order valence-corrected chi connectivity index (χ1v) is 22.9. The molecule has 8 aliphatic heterocycles. The summed E-state index contributed by atoms with van der Waals surface area (Å²) >= 11 is 0. The van der Waals surface area contributed by atoms with Gasteiger partial charge in [-0.15, -0.1) is 0 Å². The van der Waals surface area contributed by atoms with Gasteiger partial charge in [0, 0.05) is 30.3 Å². The number of aliphatic hydroxyl groups is 1. The normalized spacial score (nSPS) is 37.1. The Morgan fingerprint density at radius 3 is 1.57 bits per heavy atom. The Labute approximate surface area is 342 Å². The molecule has 4 amide bonds. The zero-order chi connectivity index (χ0) is 40.6. The number of carbonyl (C=O) groups is 4. The van der Waals surface area contributed by atoms with Gasteiger partial charge in [0.2, 0.25) is 11.8 Å². The van der Waals surface area contributed by atoms with Gasteiger partial charge in [-0.25, -0.2) is 0 Å². The third kappa shape index (κ3) is 5.00. The number of piperidine rings is 4. The van der Waals surface area contributed by atoms with Crippen molar-refractivity contribution in [2.24, 2.45) is 22.7 Å². The van der Waals surface area contributed by atoms with Crippen LogP contribution in [0.5, 0.6) is 0 Å². The topological polar surface area (TPSA) is 128 Å². The van der Waals surface area contributed by atoms with Gasteiger partial charge >= 0.3 is 0 Å². The van der Waals surface area contributed by atoms with E-state index in [1.165, 1.54) is 10.4 Å². The Morgan fingerprint density at radius 2 is 1.12 bits per heavy atom. The lowest BCUT2D eigenvalue weighted by atomic mass is 9.53. The van der Waals surface area contributed by atoms with Gasteiger partial charge in [-0.3, -0.25) is 23.9 Å². The molecule has 10 nitrogen and oxygen atoms in total. The molecule has 2 aliphatic carbocycles. The number of nitrogens with zero attached hydrogens (tertiary/aromatic N) is 2. The van der Waals surface area contributed by atoms with E-state index in [4.69, 9.17) is 4.43 Å². The van der Waals surface area contributed by atoms with Crippen LogP contribution >= 0.6 is 0 Å². The van der Waals surface area contributed by atoms with Crippen molar-refractivity contribution in [3.8, 4) is 0 Å². The van der Waals surface area contributed by atoms with Gasteiger partial charge in [-0.05, 0) is 59.4 Å². The van der Waals surface area contributed by atoms with Crippen molar-refractivity contribution in [3.63, 3.8) is 0 Å². The molecule has 8 atom stereocenters. The van der Waals surface area contributed by atoms with Crippen molar-refractivity contribution in [2.45, 2.75) is 126 Å². The largest absolute Gasteiger partial charge is 0.401 e. The lowest BCUT2D eigenvalue weighted by molar-refractivity contribution is -0.180. The van der Waals surface area contributed by atoms with E-state index in [0.717, 1.165) is 25.7 Å². The molecule has 6 unspecified atom stereocenters. The summed E-state index contributed by atoms with van der Waals surface area (Å²) < 4.78 is 7.57. The highest BCUT2D eigenvalue weighted by Gasteiger charge is 2.73. The molecule has 8 saturated heterocycles. The number of benzene rings is 2. The van der Waals surface area contributed by atoms with Crippen LogP contribution in [-0.2, 0) is 23.6 Å². The number of nitrogens with one attached hydrogen (secondary N) is 2. The maximum Gasteiger partial charge on any atom is 0.261 e. The number of carbonyl (C=O) groups excluding carboxylic acids is 4. The van der Waals surface area contributed by atoms with Crippen LogP contribution in [0.4, 0.5) is 4.70 Å². The second-order valence-electron chi connectivity index (χ2n) is 20.4. The Kier molecular flexibility index (Phi) is 9.06. The molecular formula is C46H59FN4O6Si. The van der Waals surface area contributed by atoms with Gasteiger partial charge in [0.25, 0.3) is 20.1 Å². The van der Waals surface area contributed by atoms with Crippen LogP contribution in [0.1, 0.15) is 87.0 Å². The van der Waals surface area contributed by atoms with Crippen LogP contribution in [-0.4, -0.2) is 94.3 Å². The SMILES string of the molecule is CC1(C)C(O)C=C[C@]23NC(=O)C4(CCCN4C2=O)CC13.CC1(C)C(O[Si](c2ccccc2)(c2ccccc2)C(C)(C)C)C=C[C@]23NC(=O)C4(CCCN4C2=O)CC13.F. The number of hydrogen-bond donors (Lipinski definition) is 3. The van der Waals surface area contributed by atoms with Crippen molar-refractivity contribution in [2.75, 3.05) is 13.1 Å². The van der Waals surface area contributed by atoms with Gasteiger partial charge in [0.1, 0.15) is 22.2 Å². The van der Waals surface area contributed by atoms with Gasteiger partial charge in [0.15, 0.2) is 0 Å². The Balaban J connectivity index is 0.000000188. The minimum Gasteiger partial charge on any atom is -0.401 e. The van der Waals surface area contributed by atoms with Gasteiger partial charge in [-0.1, -0.05) is 133 Å². The van der Waals surface area contributed by atoms with Crippen LogP contribution in [0.25, 0.3) is 0 Å². The van der Waals surface area contributed by atoms with Gasteiger partial charge in [-0.2, -0.15) is 0 Å². The highest BCUT2D eigenvalue weighted by molar-refractivity contribution is 6.99. The van der Waals surface area contributed by atoms with E-state index in [2.05, 4.69) is 112 Å². The molecule has 12 heteroatoms. The number of fused-ring (bicyclic) bond motifs is 2. The van der Waals surface area contributed by atoms with Crippen LogP contribution in [0.2, 0.25) is 5.04 Å². The number of aliphatic hydroxyl groups excluding tert-OH is 1. The fourth-order valence-corrected chi connectivity index (χ4v) is 17.5. The number of piperazine rings is 2. The summed E-state index contributed by atoms with van der Waals surface area (Å²) in [7, 11) is -2.80. The number of hydrogen-bond acceptors (Lipinski definition) is 6. The van der Waals surface area contributed by atoms with E-state index in [1.54, 1.807) is 17.1 Å². The highest BCUT2D eigenvalue weighted by atomic mass is 28.4. The predicted molar refractivity (Wildman–Crippen MR) is 222 cm³/mol. The van der Waals surface area contributed by atoms with Gasteiger partial charge < -0.3 is 30.0 Å². The minimum absolute atomic E-state index is 0. The zero-order valence-corrected chi connectivity index (χ0v) is 35.8. The fraction of sp³-hybridized carbons (Fsp3) is 0.565. The van der Waals surface area contributed by atoms with E-state index < -0.39 is 42.0 Å². The molecule has 2 aromatic carbocycles. The molecule has 8 heterocycles. The number of halogens is 1. The zero-order valence-electron chi connectivity index (χ0n) is 34.8. The lowest BCUT2D eigenvalue weighted by Crippen LogP contribution is -2.83. The van der Waals surface area contributed by atoms with Crippen molar-refractivity contribution >= 4 is 42.3 Å². The van der Waals surface area contributed by atoms with Crippen molar-refractivity contribution < 1.29 is 33.4 Å². The average Bonchev–Trinajstić information content (AvgIpc) is 3.82. The molecule has 58 heavy (non-hydrogen) atoms. The predicted octanol–water partition coefficient (Wildman–Crippen LogP) is 4.12. The summed E-state index contributed by atoms with van der Waals surface area (Å²) in [5.74, 6) is 0.00815. The van der Waals surface area contributed by atoms with E-state index in [0.29, 0.717) is 25.9 Å². The van der Waals surface area contributed by atoms with Crippen molar-refractivity contribution in [1.29, 1.82) is 0 Å². The molecule has 0 radical (unpaired) electrons. The minimum atomic E-state index is -2.80. The molecule has 2 aromatic rings. The number of rotatable bonds is 4. The van der Waals surface area contributed by atoms with Crippen LogP contribution < -0.4 is 21.0 Å². The van der Waals surface area contributed by atoms with Crippen LogP contribution in [0.15, 0.2) is 85.0 Å². The monoisotopic (exact) mass is 810 g/mol. The first-order chi connectivity index (χ1) is 26.8. The molecule has 0 saturated carbocycles. The highest BCUT2D eigenvalue weighted by Crippen LogP contribution is 2.59. The lowest BCUT2D eigenvalue weighted by Gasteiger charge is -2.64. The first kappa shape index (κ1) is 40.6. The molecule has 4 spiro atoms. The quantitative estimate of drug-likeness (QED) is 0.315. The second kappa shape index (κ2) is 12.9. The molecule has 0 aromatic heterocycles. The third-order valence-corrected chi connectivity index (χ3v) is 20.9. The summed E-state index contributed by atoms with van der Waals surface area (Å²) in [5, 5.41) is 18.8. The van der Waals surface area contributed by atoms with E-state index in [9.17, 15) is 24.3 Å². The van der Waals surface area contributed by atoms with Crippen molar-refractivity contribution in [3.05, 3.63) is 85.0 Å². The molecule has 8 fully saturated rings.